The van der Waals surface area contributed by atoms with Crippen LogP contribution in [0.2, 0.25) is 5.02 Å². The Morgan fingerprint density at radius 3 is 2.16 bits per heavy atom. The summed E-state index contributed by atoms with van der Waals surface area (Å²) in [6, 6.07) is 27.8. The predicted molar refractivity (Wildman–Crippen MR) is 181 cm³/mol. The molecule has 1 atom stereocenters. The van der Waals surface area contributed by atoms with Gasteiger partial charge in [0.2, 0.25) is 11.8 Å². The number of aryl methyl sites for hydroxylation is 2. The highest BCUT2D eigenvalue weighted by Crippen LogP contribution is 2.31. The molecule has 4 aromatic rings. The van der Waals surface area contributed by atoms with Crippen molar-refractivity contribution < 1.29 is 18.0 Å². The fourth-order valence-electron chi connectivity index (χ4n) is 5.14. The standard InChI is InChI=1S/C36H40ClN3O4S/c1-5-21-38-36(42)34(23-29-12-7-6-8-13-29)39(24-30-14-9-11-27(3)22-30)35(41)25-40(33-16-10-15-32(37)28(33)4)45(43,44)31-19-17-26(2)18-20-31/h6-20,22,34H,5,21,23-25H2,1-4H3,(H,38,42)/t34-/m1/s1. The average Bonchev–Trinajstić information content (AvgIpc) is 3.02. The third kappa shape index (κ3) is 8.53. The van der Waals surface area contributed by atoms with E-state index in [-0.39, 0.29) is 23.8 Å². The minimum atomic E-state index is -4.21. The van der Waals surface area contributed by atoms with Crippen molar-refractivity contribution >= 4 is 39.1 Å². The van der Waals surface area contributed by atoms with E-state index in [0.717, 1.165) is 33.0 Å². The highest BCUT2D eigenvalue weighted by molar-refractivity contribution is 7.92. The Kier molecular flexibility index (Phi) is 11.4. The lowest BCUT2D eigenvalue weighted by atomic mass is 10.0. The molecule has 0 spiro atoms. The number of nitrogens with zero attached hydrogens (tertiary/aromatic N) is 2. The Hall–Kier alpha value is -4.14. The summed E-state index contributed by atoms with van der Waals surface area (Å²) in [5.74, 6) is -0.812. The number of sulfonamides is 1. The van der Waals surface area contributed by atoms with Gasteiger partial charge in [0.1, 0.15) is 12.6 Å². The lowest BCUT2D eigenvalue weighted by Gasteiger charge is -2.34. The van der Waals surface area contributed by atoms with E-state index in [2.05, 4.69) is 5.32 Å². The number of anilines is 1. The van der Waals surface area contributed by atoms with Crippen molar-refractivity contribution in [2.24, 2.45) is 0 Å². The Morgan fingerprint density at radius 2 is 1.49 bits per heavy atom. The maximum Gasteiger partial charge on any atom is 0.264 e. The number of carbonyl (C=O) groups excluding carboxylic acids is 2. The molecule has 0 aliphatic rings. The Bertz CT molecular complexity index is 1730. The zero-order valence-electron chi connectivity index (χ0n) is 26.2. The topological polar surface area (TPSA) is 86.8 Å². The maximum atomic E-state index is 14.6. The van der Waals surface area contributed by atoms with Crippen molar-refractivity contribution in [3.63, 3.8) is 0 Å². The lowest BCUT2D eigenvalue weighted by Crippen LogP contribution is -2.53. The number of rotatable bonds is 13. The maximum absolute atomic E-state index is 14.6. The quantitative estimate of drug-likeness (QED) is 0.177. The first kappa shape index (κ1) is 33.7. The second-order valence-corrected chi connectivity index (χ2v) is 13.5. The van der Waals surface area contributed by atoms with E-state index in [0.29, 0.717) is 22.8 Å². The monoisotopic (exact) mass is 645 g/mol. The van der Waals surface area contributed by atoms with Crippen LogP contribution in [0.25, 0.3) is 0 Å². The van der Waals surface area contributed by atoms with Gasteiger partial charge in [0.05, 0.1) is 10.6 Å². The summed E-state index contributed by atoms with van der Waals surface area (Å²) in [6.07, 6.45) is 0.987. The van der Waals surface area contributed by atoms with Gasteiger partial charge >= 0.3 is 0 Å². The summed E-state index contributed by atoms with van der Waals surface area (Å²) in [5.41, 5.74) is 4.44. The summed E-state index contributed by atoms with van der Waals surface area (Å²) >= 11 is 6.46. The van der Waals surface area contributed by atoms with Gasteiger partial charge in [0, 0.05) is 24.5 Å². The molecular weight excluding hydrogens is 606 g/mol. The zero-order chi connectivity index (χ0) is 32.6. The molecule has 45 heavy (non-hydrogen) atoms. The van der Waals surface area contributed by atoms with Crippen LogP contribution in [0.4, 0.5) is 5.69 Å². The van der Waals surface area contributed by atoms with Gasteiger partial charge in [-0.3, -0.25) is 13.9 Å². The van der Waals surface area contributed by atoms with Gasteiger partial charge in [-0.15, -0.1) is 0 Å². The highest BCUT2D eigenvalue weighted by atomic mass is 35.5. The number of benzene rings is 4. The fourth-order valence-corrected chi connectivity index (χ4v) is 6.79. The molecule has 0 heterocycles. The first-order chi connectivity index (χ1) is 21.5. The third-order valence-electron chi connectivity index (χ3n) is 7.65. The molecule has 7 nitrogen and oxygen atoms in total. The van der Waals surface area contributed by atoms with Gasteiger partial charge in [-0.25, -0.2) is 8.42 Å². The number of amides is 2. The predicted octanol–water partition coefficient (Wildman–Crippen LogP) is 6.63. The van der Waals surface area contributed by atoms with E-state index >= 15 is 0 Å². The van der Waals surface area contributed by atoms with Crippen LogP contribution in [0.15, 0.2) is 102 Å². The van der Waals surface area contributed by atoms with Gasteiger partial charge < -0.3 is 10.2 Å². The van der Waals surface area contributed by atoms with E-state index in [9.17, 15) is 18.0 Å². The third-order valence-corrected chi connectivity index (χ3v) is 9.83. The van der Waals surface area contributed by atoms with Gasteiger partial charge in [-0.05, 0) is 68.1 Å². The van der Waals surface area contributed by atoms with Crippen LogP contribution >= 0.6 is 11.6 Å². The normalized spacial score (nSPS) is 11.9. The molecule has 0 aliphatic heterocycles. The van der Waals surface area contributed by atoms with Crippen molar-refractivity contribution in [1.82, 2.24) is 10.2 Å². The molecule has 0 aromatic heterocycles. The average molecular weight is 646 g/mol. The number of hydrogen-bond donors (Lipinski definition) is 1. The van der Waals surface area contributed by atoms with Gasteiger partial charge in [-0.1, -0.05) is 102 Å². The first-order valence-corrected chi connectivity index (χ1v) is 16.8. The molecule has 4 rings (SSSR count). The van der Waals surface area contributed by atoms with Crippen LogP contribution in [-0.2, 0) is 32.6 Å². The summed E-state index contributed by atoms with van der Waals surface area (Å²) in [5, 5.41) is 3.34. The molecule has 236 valence electrons. The van der Waals surface area contributed by atoms with Gasteiger partial charge in [0.15, 0.2) is 0 Å². The van der Waals surface area contributed by atoms with E-state index in [1.54, 1.807) is 37.3 Å². The van der Waals surface area contributed by atoms with Crippen molar-refractivity contribution in [1.29, 1.82) is 0 Å². The van der Waals surface area contributed by atoms with E-state index in [1.165, 1.54) is 17.0 Å². The van der Waals surface area contributed by atoms with E-state index < -0.39 is 28.5 Å². The fraction of sp³-hybridized carbons (Fsp3) is 0.278. The minimum Gasteiger partial charge on any atom is -0.354 e. The molecule has 0 saturated carbocycles. The number of nitrogens with one attached hydrogen (secondary N) is 1. The Labute approximate surface area is 271 Å². The summed E-state index contributed by atoms with van der Waals surface area (Å²) < 4.78 is 29.6. The summed E-state index contributed by atoms with van der Waals surface area (Å²) in [7, 11) is -4.21. The zero-order valence-corrected chi connectivity index (χ0v) is 27.7. The van der Waals surface area contributed by atoms with Crippen LogP contribution in [0, 0.1) is 20.8 Å². The smallest absolute Gasteiger partial charge is 0.264 e. The number of halogens is 1. The SMILES string of the molecule is CCCNC(=O)[C@@H](Cc1ccccc1)N(Cc1cccc(C)c1)C(=O)CN(c1cccc(Cl)c1C)S(=O)(=O)c1ccc(C)cc1. The molecular formula is C36H40ClN3O4S. The van der Waals surface area contributed by atoms with Crippen LogP contribution < -0.4 is 9.62 Å². The molecule has 1 N–H and O–H groups in total. The van der Waals surface area contributed by atoms with Crippen LogP contribution in [0.1, 0.15) is 41.2 Å². The van der Waals surface area contributed by atoms with Crippen LogP contribution in [0.5, 0.6) is 0 Å². The molecule has 0 aliphatic carbocycles. The molecule has 0 fully saturated rings. The van der Waals surface area contributed by atoms with Crippen molar-refractivity contribution in [3.05, 3.63) is 130 Å². The summed E-state index contributed by atoms with van der Waals surface area (Å²) in [6.45, 7) is 7.55. The van der Waals surface area contributed by atoms with Crippen LogP contribution in [0.3, 0.4) is 0 Å². The second-order valence-electron chi connectivity index (χ2n) is 11.2. The van der Waals surface area contributed by atoms with E-state index in [4.69, 9.17) is 11.6 Å². The van der Waals surface area contributed by atoms with Crippen LogP contribution in [-0.4, -0.2) is 44.3 Å². The molecule has 9 heteroatoms. The minimum absolute atomic E-state index is 0.0482. The van der Waals surface area contributed by atoms with Gasteiger partial charge in [0.25, 0.3) is 10.0 Å². The van der Waals surface area contributed by atoms with Crippen molar-refractivity contribution in [3.8, 4) is 0 Å². The lowest BCUT2D eigenvalue weighted by molar-refractivity contribution is -0.140. The number of carbonyl (C=O) groups is 2. The largest absolute Gasteiger partial charge is 0.354 e. The summed E-state index contributed by atoms with van der Waals surface area (Å²) in [4.78, 5) is 29.9. The van der Waals surface area contributed by atoms with Crippen molar-refractivity contribution in [2.75, 3.05) is 17.4 Å². The van der Waals surface area contributed by atoms with Crippen molar-refractivity contribution in [2.45, 2.75) is 58.0 Å². The van der Waals surface area contributed by atoms with E-state index in [1.807, 2.05) is 75.4 Å². The molecule has 0 radical (unpaired) electrons. The molecule has 0 saturated heterocycles. The Morgan fingerprint density at radius 1 is 0.822 bits per heavy atom. The highest BCUT2D eigenvalue weighted by Gasteiger charge is 2.35. The Balaban J connectivity index is 1.83. The molecule has 4 aromatic carbocycles. The number of hydrogen-bond acceptors (Lipinski definition) is 4. The molecule has 0 bridgehead atoms. The molecule has 2 amide bonds. The second kappa shape index (κ2) is 15.2. The molecule has 0 unspecified atom stereocenters. The van der Waals surface area contributed by atoms with Gasteiger partial charge in [-0.2, -0.15) is 0 Å². The first-order valence-electron chi connectivity index (χ1n) is 15.0.